The van der Waals surface area contributed by atoms with Gasteiger partial charge in [0, 0.05) is 29.9 Å². The van der Waals surface area contributed by atoms with E-state index in [-0.39, 0.29) is 63.9 Å². The van der Waals surface area contributed by atoms with Crippen LogP contribution in [0.3, 0.4) is 0 Å². The summed E-state index contributed by atoms with van der Waals surface area (Å²) in [6, 6.07) is 7.70. The topological polar surface area (TPSA) is 156 Å². The van der Waals surface area contributed by atoms with Gasteiger partial charge in [-0.15, -0.1) is 0 Å². The third-order valence-electron chi connectivity index (χ3n) is 8.37. The summed E-state index contributed by atoms with van der Waals surface area (Å²) in [4.78, 5) is 40.3. The number of rotatable bonds is 6. The molecule has 2 aliphatic carbocycles. The van der Waals surface area contributed by atoms with Crippen molar-refractivity contribution in [3.63, 3.8) is 0 Å². The molecule has 1 aliphatic heterocycles. The lowest BCUT2D eigenvalue weighted by Crippen LogP contribution is -2.43. The third-order valence-corrected chi connectivity index (χ3v) is 8.37. The minimum Gasteiger partial charge on any atom is -0.383 e. The predicted molar refractivity (Wildman–Crippen MR) is 151 cm³/mol. The normalized spacial score (nSPS) is 21.3. The molecule has 3 N–H and O–H groups in total. The van der Waals surface area contributed by atoms with Gasteiger partial charge >= 0.3 is 0 Å². The number of amides is 2. The van der Waals surface area contributed by atoms with Gasteiger partial charge in [-0.2, -0.15) is 10.4 Å². The van der Waals surface area contributed by atoms with E-state index < -0.39 is 17.5 Å². The smallest absolute Gasteiger partial charge is 0.264 e. The van der Waals surface area contributed by atoms with Crippen LogP contribution in [0.15, 0.2) is 54.5 Å². The van der Waals surface area contributed by atoms with Crippen molar-refractivity contribution >= 4 is 34.5 Å². The van der Waals surface area contributed by atoms with Crippen LogP contribution in [0.1, 0.15) is 42.1 Å². The van der Waals surface area contributed by atoms with Crippen molar-refractivity contribution in [3.05, 3.63) is 71.7 Å². The maximum absolute atomic E-state index is 15.6. The minimum absolute atomic E-state index is 0.00456. The fourth-order valence-corrected chi connectivity index (χ4v) is 6.22. The van der Waals surface area contributed by atoms with E-state index in [1.807, 2.05) is 0 Å². The fourth-order valence-electron chi connectivity index (χ4n) is 6.22. The first-order valence-electron chi connectivity index (χ1n) is 13.9. The molecular weight excluding hydrogens is 556 g/mol. The van der Waals surface area contributed by atoms with Crippen LogP contribution in [0.5, 0.6) is 0 Å². The highest BCUT2D eigenvalue weighted by Gasteiger charge is 2.49. The van der Waals surface area contributed by atoms with Crippen LogP contribution >= 0.6 is 0 Å². The largest absolute Gasteiger partial charge is 0.383 e. The lowest BCUT2D eigenvalue weighted by Gasteiger charge is -2.33. The summed E-state index contributed by atoms with van der Waals surface area (Å²) in [5.74, 6) is -1.62. The van der Waals surface area contributed by atoms with Crippen LogP contribution in [0, 0.1) is 34.8 Å². The van der Waals surface area contributed by atoms with Crippen LogP contribution in [-0.2, 0) is 4.79 Å². The Labute approximate surface area is 244 Å². The number of allylic oxidation sites excluding steroid dienone is 1. The van der Waals surface area contributed by atoms with Crippen molar-refractivity contribution in [2.45, 2.75) is 37.8 Å². The molecule has 11 nitrogen and oxygen atoms in total. The molecule has 43 heavy (non-hydrogen) atoms. The van der Waals surface area contributed by atoms with Gasteiger partial charge in [-0.05, 0) is 61.8 Å². The Kier molecular flexibility index (Phi) is 6.34. The molecule has 4 heterocycles. The summed E-state index contributed by atoms with van der Waals surface area (Å²) in [7, 11) is 0. The van der Waals surface area contributed by atoms with Crippen molar-refractivity contribution in [2.24, 2.45) is 11.8 Å². The second-order valence-corrected chi connectivity index (χ2v) is 11.2. The Hall–Kier alpha value is -5.25. The van der Waals surface area contributed by atoms with Gasteiger partial charge in [-0.3, -0.25) is 9.59 Å². The first-order chi connectivity index (χ1) is 20.8. The van der Waals surface area contributed by atoms with E-state index >= 15 is 4.39 Å². The zero-order valence-corrected chi connectivity index (χ0v) is 22.7. The molecule has 2 bridgehead atoms. The first-order valence-corrected chi connectivity index (χ1v) is 13.9. The Bertz CT molecular complexity index is 1880. The lowest BCUT2D eigenvalue weighted by atomic mass is 10.0. The average Bonchev–Trinajstić information content (AvgIpc) is 3.39. The highest BCUT2D eigenvalue weighted by molar-refractivity contribution is 6.04. The molecule has 4 aromatic rings. The fraction of sp³-hybridized carbons (Fsp3) is 0.300. The van der Waals surface area contributed by atoms with Crippen LogP contribution in [-0.4, -0.2) is 54.0 Å². The Morgan fingerprint density at radius 2 is 1.91 bits per heavy atom. The SMILES string of the molecule is N#CC(=CC1CC1)C(=O)N1C[C@@H]2C[C@@H]1[C@@H](n1nc(-c3ccc(C(=O)Nc4cc(F)ccn4)cc3F)c3c(N)ncnc31)C2. The van der Waals surface area contributed by atoms with Crippen molar-refractivity contribution in [2.75, 3.05) is 17.6 Å². The van der Waals surface area contributed by atoms with Crippen LogP contribution in [0.4, 0.5) is 20.4 Å². The summed E-state index contributed by atoms with van der Waals surface area (Å²) < 4.78 is 30.8. The van der Waals surface area contributed by atoms with E-state index in [1.165, 1.54) is 24.7 Å². The van der Waals surface area contributed by atoms with E-state index in [9.17, 15) is 19.2 Å². The second kappa shape index (κ2) is 10.2. The Morgan fingerprint density at radius 3 is 2.63 bits per heavy atom. The lowest BCUT2D eigenvalue weighted by molar-refractivity contribution is -0.129. The number of nitrogens with two attached hydrogens (primary N) is 1. The Balaban J connectivity index is 1.22. The predicted octanol–water partition coefficient (Wildman–Crippen LogP) is 4.02. The number of nitrogens with one attached hydrogen (secondary N) is 1. The van der Waals surface area contributed by atoms with Gasteiger partial charge in [0.1, 0.15) is 46.9 Å². The maximum Gasteiger partial charge on any atom is 0.264 e. The van der Waals surface area contributed by atoms with Crippen LogP contribution < -0.4 is 11.1 Å². The van der Waals surface area contributed by atoms with E-state index in [1.54, 1.807) is 15.7 Å². The Morgan fingerprint density at radius 1 is 1.09 bits per heavy atom. The molecule has 216 valence electrons. The molecule has 1 aromatic carbocycles. The highest BCUT2D eigenvalue weighted by Crippen LogP contribution is 2.47. The molecule has 3 aliphatic rings. The van der Waals surface area contributed by atoms with Crippen LogP contribution in [0.25, 0.3) is 22.3 Å². The van der Waals surface area contributed by atoms with Gasteiger partial charge in [0.05, 0.1) is 17.5 Å². The molecule has 3 fully saturated rings. The number of hydrogen-bond acceptors (Lipinski definition) is 8. The molecule has 7 rings (SSSR count). The summed E-state index contributed by atoms with van der Waals surface area (Å²) in [6.07, 6.45) is 7.77. The summed E-state index contributed by atoms with van der Waals surface area (Å²) in [5.41, 5.74) is 7.12. The number of carbonyl (C=O) groups excluding carboxylic acids is 2. The number of halogens is 2. The number of aromatic nitrogens is 5. The molecule has 13 heteroatoms. The van der Waals surface area contributed by atoms with Gasteiger partial charge in [0.25, 0.3) is 11.8 Å². The number of nitrogen functional groups attached to an aromatic ring is 1. The number of nitrogens with zero attached hydrogens (tertiary/aromatic N) is 7. The summed E-state index contributed by atoms with van der Waals surface area (Å²) in [5, 5.41) is 17.2. The number of fused-ring (bicyclic) bond motifs is 3. The first kappa shape index (κ1) is 26.6. The van der Waals surface area contributed by atoms with E-state index in [2.05, 4.69) is 26.3 Å². The number of anilines is 2. The molecular formula is C30H25F2N9O2. The number of carbonyl (C=O) groups is 2. The van der Waals surface area contributed by atoms with Crippen molar-refractivity contribution in [1.82, 2.24) is 29.6 Å². The van der Waals surface area contributed by atoms with E-state index in [4.69, 9.17) is 10.8 Å². The molecule has 1 saturated heterocycles. The number of nitriles is 1. The molecule has 0 radical (unpaired) electrons. The number of pyridine rings is 1. The van der Waals surface area contributed by atoms with Gasteiger partial charge in [0.2, 0.25) is 0 Å². The maximum atomic E-state index is 15.6. The highest BCUT2D eigenvalue weighted by atomic mass is 19.1. The van der Waals surface area contributed by atoms with E-state index in [0.29, 0.717) is 17.6 Å². The monoisotopic (exact) mass is 581 g/mol. The average molecular weight is 582 g/mol. The number of benzene rings is 1. The zero-order valence-electron chi connectivity index (χ0n) is 22.7. The molecule has 2 amide bonds. The van der Waals surface area contributed by atoms with Crippen LogP contribution in [0.2, 0.25) is 0 Å². The molecule has 3 atom stereocenters. The standard InChI is InChI=1S/C30H25F2N9O2/c31-19-5-6-35-24(11-19)38-29(42)17-3-4-20(21(32)10-17)26-25-27(34)36-14-37-28(25)41(39-26)23-9-16-8-22(23)40(13-16)30(43)18(12-33)7-15-1-2-15/h3-7,10-11,14-16,22-23H,1-2,8-9,13H2,(H2,34,36,37)(H,35,38,42)/t16-,22-,23+/m1/s1. The third kappa shape index (κ3) is 4.74. The minimum atomic E-state index is -0.733. The van der Waals surface area contributed by atoms with Gasteiger partial charge in [-0.1, -0.05) is 6.08 Å². The van der Waals surface area contributed by atoms with Crippen molar-refractivity contribution in [1.29, 1.82) is 5.26 Å². The number of likely N-dealkylation sites (tertiary alicyclic amines) is 1. The quantitative estimate of drug-likeness (QED) is 0.255. The van der Waals surface area contributed by atoms with Gasteiger partial charge in [0.15, 0.2) is 5.65 Å². The van der Waals surface area contributed by atoms with Gasteiger partial charge in [-0.25, -0.2) is 28.4 Å². The molecule has 0 spiro atoms. The molecule has 2 saturated carbocycles. The number of hydrogen-bond donors (Lipinski definition) is 2. The second-order valence-electron chi connectivity index (χ2n) is 11.2. The van der Waals surface area contributed by atoms with Crippen molar-refractivity contribution < 1.29 is 18.4 Å². The number of piperidine rings is 1. The van der Waals surface area contributed by atoms with E-state index in [0.717, 1.165) is 43.9 Å². The summed E-state index contributed by atoms with van der Waals surface area (Å²) in [6.45, 7) is 0.566. The zero-order chi connectivity index (χ0) is 29.8. The molecule has 3 aromatic heterocycles. The van der Waals surface area contributed by atoms with Crippen molar-refractivity contribution in [3.8, 4) is 17.3 Å². The van der Waals surface area contributed by atoms with Gasteiger partial charge < -0.3 is 16.0 Å². The molecule has 0 unspecified atom stereocenters. The summed E-state index contributed by atoms with van der Waals surface area (Å²) >= 11 is 0.